The second kappa shape index (κ2) is 8.76. The Morgan fingerprint density at radius 2 is 1.89 bits per heavy atom. The number of piperidine rings is 1. The SMILES string of the molecule is C[C@@H]1CCN(Cc2ccccc2)C[C@@H]1CN.Cl.Cl. The average molecular weight is 291 g/mol. The normalized spacial score (nSPS) is 23.9. The smallest absolute Gasteiger partial charge is 0.0233 e. The Bertz CT molecular complexity index is 319. The Morgan fingerprint density at radius 1 is 1.22 bits per heavy atom. The van der Waals surface area contributed by atoms with Crippen LogP contribution in [0.3, 0.4) is 0 Å². The summed E-state index contributed by atoms with van der Waals surface area (Å²) >= 11 is 0. The Morgan fingerprint density at radius 3 is 2.50 bits per heavy atom. The second-order valence-electron chi connectivity index (χ2n) is 4.98. The molecule has 0 unspecified atom stereocenters. The molecule has 0 amide bonds. The van der Waals surface area contributed by atoms with Gasteiger partial charge in [0.2, 0.25) is 0 Å². The molecule has 1 aliphatic rings. The Kier molecular flexibility index (Phi) is 8.62. The van der Waals surface area contributed by atoms with Crippen molar-refractivity contribution in [2.45, 2.75) is 19.9 Å². The molecule has 0 aromatic heterocycles. The van der Waals surface area contributed by atoms with Crippen molar-refractivity contribution < 1.29 is 0 Å². The van der Waals surface area contributed by atoms with Crippen molar-refractivity contribution in [1.29, 1.82) is 0 Å². The molecule has 4 heteroatoms. The number of nitrogens with zero attached hydrogens (tertiary/aromatic N) is 1. The monoisotopic (exact) mass is 290 g/mol. The average Bonchev–Trinajstić information content (AvgIpc) is 2.33. The van der Waals surface area contributed by atoms with Crippen LogP contribution in [0.1, 0.15) is 18.9 Å². The summed E-state index contributed by atoms with van der Waals surface area (Å²) in [6.07, 6.45) is 1.29. The summed E-state index contributed by atoms with van der Waals surface area (Å²) in [6, 6.07) is 10.7. The van der Waals surface area contributed by atoms with Crippen LogP contribution in [-0.4, -0.2) is 24.5 Å². The third-order valence-corrected chi connectivity index (χ3v) is 3.75. The maximum absolute atomic E-state index is 5.82. The van der Waals surface area contributed by atoms with E-state index >= 15 is 0 Å². The lowest BCUT2D eigenvalue weighted by Crippen LogP contribution is -2.42. The van der Waals surface area contributed by atoms with Crippen LogP contribution in [0.4, 0.5) is 0 Å². The quantitative estimate of drug-likeness (QED) is 0.927. The zero-order valence-electron chi connectivity index (χ0n) is 10.9. The highest BCUT2D eigenvalue weighted by molar-refractivity contribution is 5.85. The molecule has 1 saturated heterocycles. The van der Waals surface area contributed by atoms with Gasteiger partial charge in [-0.3, -0.25) is 4.90 Å². The van der Waals surface area contributed by atoms with Crippen LogP contribution in [0, 0.1) is 11.8 Å². The van der Waals surface area contributed by atoms with E-state index < -0.39 is 0 Å². The standard InChI is InChI=1S/C14H22N2.2ClH/c1-12-7-8-16(11-14(12)9-15)10-13-5-3-2-4-6-13;;/h2-6,12,14H,7-11,15H2,1H3;2*1H/t12-,14+;;/m1../s1. The number of nitrogens with two attached hydrogens (primary N) is 1. The summed E-state index contributed by atoms with van der Waals surface area (Å²) in [4.78, 5) is 2.53. The lowest BCUT2D eigenvalue weighted by molar-refractivity contribution is 0.126. The molecule has 2 atom stereocenters. The molecule has 1 aliphatic heterocycles. The zero-order valence-corrected chi connectivity index (χ0v) is 12.6. The van der Waals surface area contributed by atoms with Crippen LogP contribution in [-0.2, 0) is 6.54 Å². The van der Waals surface area contributed by atoms with Gasteiger partial charge < -0.3 is 5.73 Å². The Labute approximate surface area is 123 Å². The minimum Gasteiger partial charge on any atom is -0.330 e. The molecule has 1 heterocycles. The van der Waals surface area contributed by atoms with Gasteiger partial charge in [-0.15, -0.1) is 24.8 Å². The van der Waals surface area contributed by atoms with Crippen LogP contribution >= 0.6 is 24.8 Å². The van der Waals surface area contributed by atoms with Gasteiger partial charge in [-0.25, -0.2) is 0 Å². The van der Waals surface area contributed by atoms with E-state index in [2.05, 4.69) is 42.2 Å². The van der Waals surface area contributed by atoms with Crippen LogP contribution in [0.25, 0.3) is 0 Å². The van der Waals surface area contributed by atoms with Gasteiger partial charge in [-0.2, -0.15) is 0 Å². The third kappa shape index (κ3) is 4.77. The first-order chi connectivity index (χ1) is 7.79. The number of hydrogen-bond donors (Lipinski definition) is 1. The molecule has 1 aromatic rings. The molecule has 0 saturated carbocycles. The van der Waals surface area contributed by atoms with Gasteiger partial charge >= 0.3 is 0 Å². The number of hydrogen-bond acceptors (Lipinski definition) is 2. The minimum absolute atomic E-state index is 0. The molecular weight excluding hydrogens is 267 g/mol. The fourth-order valence-corrected chi connectivity index (χ4v) is 2.52. The topological polar surface area (TPSA) is 29.3 Å². The molecule has 0 spiro atoms. The Hall–Kier alpha value is -0.280. The third-order valence-electron chi connectivity index (χ3n) is 3.75. The zero-order chi connectivity index (χ0) is 11.4. The predicted molar refractivity (Wildman–Crippen MR) is 82.5 cm³/mol. The van der Waals surface area contributed by atoms with Crippen molar-refractivity contribution >= 4 is 24.8 Å². The number of halogens is 2. The number of benzene rings is 1. The maximum Gasteiger partial charge on any atom is 0.0233 e. The largest absolute Gasteiger partial charge is 0.330 e. The first kappa shape index (κ1) is 17.7. The molecular formula is C14H24Cl2N2. The van der Waals surface area contributed by atoms with Gasteiger partial charge in [-0.05, 0) is 36.9 Å². The summed E-state index contributed by atoms with van der Waals surface area (Å²) in [5, 5.41) is 0. The summed E-state index contributed by atoms with van der Waals surface area (Å²) in [5.41, 5.74) is 7.23. The minimum atomic E-state index is 0. The van der Waals surface area contributed by atoms with Crippen LogP contribution in [0.5, 0.6) is 0 Å². The van der Waals surface area contributed by atoms with E-state index in [0.717, 1.165) is 25.6 Å². The van der Waals surface area contributed by atoms with Crippen molar-refractivity contribution in [3.63, 3.8) is 0 Å². The second-order valence-corrected chi connectivity index (χ2v) is 4.98. The molecule has 2 nitrogen and oxygen atoms in total. The summed E-state index contributed by atoms with van der Waals surface area (Å²) < 4.78 is 0. The van der Waals surface area contributed by atoms with Gasteiger partial charge in [0.05, 0.1) is 0 Å². The maximum atomic E-state index is 5.82. The van der Waals surface area contributed by atoms with Crippen molar-refractivity contribution in [1.82, 2.24) is 4.90 Å². The molecule has 1 aromatic carbocycles. The molecule has 2 N–H and O–H groups in total. The van der Waals surface area contributed by atoms with Crippen LogP contribution in [0.15, 0.2) is 30.3 Å². The van der Waals surface area contributed by atoms with Crippen molar-refractivity contribution in [3.05, 3.63) is 35.9 Å². The molecule has 0 radical (unpaired) electrons. The van der Waals surface area contributed by atoms with E-state index in [1.165, 1.54) is 18.5 Å². The molecule has 104 valence electrons. The van der Waals surface area contributed by atoms with Crippen molar-refractivity contribution in [3.8, 4) is 0 Å². The molecule has 2 rings (SSSR count). The molecule has 18 heavy (non-hydrogen) atoms. The highest BCUT2D eigenvalue weighted by atomic mass is 35.5. The van der Waals surface area contributed by atoms with Crippen molar-refractivity contribution in [2.24, 2.45) is 17.6 Å². The highest BCUT2D eigenvalue weighted by Gasteiger charge is 2.24. The van der Waals surface area contributed by atoms with E-state index in [1.54, 1.807) is 0 Å². The molecule has 0 aliphatic carbocycles. The fourth-order valence-electron chi connectivity index (χ4n) is 2.52. The lowest BCUT2D eigenvalue weighted by atomic mass is 9.87. The fraction of sp³-hybridized carbons (Fsp3) is 0.571. The summed E-state index contributed by atoms with van der Waals surface area (Å²) in [7, 11) is 0. The van der Waals surface area contributed by atoms with Gasteiger partial charge in [0, 0.05) is 13.1 Å². The highest BCUT2D eigenvalue weighted by Crippen LogP contribution is 2.23. The van der Waals surface area contributed by atoms with Gasteiger partial charge in [0.25, 0.3) is 0 Å². The van der Waals surface area contributed by atoms with E-state index in [0.29, 0.717) is 5.92 Å². The molecule has 1 fully saturated rings. The van der Waals surface area contributed by atoms with Crippen LogP contribution in [0.2, 0.25) is 0 Å². The Balaban J connectivity index is 0.00000144. The van der Waals surface area contributed by atoms with E-state index in [1.807, 2.05) is 0 Å². The first-order valence-corrected chi connectivity index (χ1v) is 6.26. The lowest BCUT2D eigenvalue weighted by Gasteiger charge is -2.36. The van der Waals surface area contributed by atoms with Gasteiger partial charge in [0.15, 0.2) is 0 Å². The first-order valence-electron chi connectivity index (χ1n) is 6.26. The van der Waals surface area contributed by atoms with E-state index in [-0.39, 0.29) is 24.8 Å². The van der Waals surface area contributed by atoms with E-state index in [9.17, 15) is 0 Å². The number of likely N-dealkylation sites (tertiary alicyclic amines) is 1. The molecule has 0 bridgehead atoms. The predicted octanol–water partition coefficient (Wildman–Crippen LogP) is 2.95. The number of rotatable bonds is 3. The van der Waals surface area contributed by atoms with Crippen LogP contribution < -0.4 is 5.73 Å². The summed E-state index contributed by atoms with van der Waals surface area (Å²) in [5.74, 6) is 1.47. The van der Waals surface area contributed by atoms with E-state index in [4.69, 9.17) is 5.73 Å². The van der Waals surface area contributed by atoms with Gasteiger partial charge in [-0.1, -0.05) is 37.3 Å². The van der Waals surface area contributed by atoms with Crippen molar-refractivity contribution in [2.75, 3.05) is 19.6 Å². The van der Waals surface area contributed by atoms with Gasteiger partial charge in [0.1, 0.15) is 0 Å². The summed E-state index contributed by atoms with van der Waals surface area (Å²) in [6.45, 7) is 6.60.